The topological polar surface area (TPSA) is 37.0 Å². The summed E-state index contributed by atoms with van der Waals surface area (Å²) in [6, 6.07) is 5.28. The molecule has 0 bridgehead atoms. The second-order valence-electron chi connectivity index (χ2n) is 3.30. The Morgan fingerprint density at radius 2 is 1.94 bits per heavy atom. The molecule has 0 unspecified atom stereocenters. The Balaban J connectivity index is 2.32. The van der Waals surface area contributed by atoms with E-state index in [4.69, 9.17) is 0 Å². The molecule has 6 heteroatoms. The molecule has 1 rings (SSSR count). The van der Waals surface area contributed by atoms with Gasteiger partial charge in [0.05, 0.1) is 0 Å². The average molecular weight is 233 g/mol. The van der Waals surface area contributed by atoms with Crippen LogP contribution in [-0.4, -0.2) is 24.8 Å². The van der Waals surface area contributed by atoms with Crippen LogP contribution in [0.3, 0.4) is 0 Å². The van der Waals surface area contributed by atoms with E-state index < -0.39 is 12.6 Å². The lowest BCUT2D eigenvalue weighted by atomic mass is 10.3. The van der Waals surface area contributed by atoms with Crippen molar-refractivity contribution in [1.29, 1.82) is 0 Å². The monoisotopic (exact) mass is 233 g/mol. The molecule has 0 spiro atoms. The minimum Gasteiger partial charge on any atom is -0.373 e. The molecule has 90 valence electrons. The molecular formula is C10H14F3N3. The van der Waals surface area contributed by atoms with Gasteiger partial charge in [0, 0.05) is 20.0 Å². The summed E-state index contributed by atoms with van der Waals surface area (Å²) in [5.41, 5.74) is 0. The zero-order valence-corrected chi connectivity index (χ0v) is 8.93. The highest BCUT2D eigenvalue weighted by Gasteiger charge is 2.25. The summed E-state index contributed by atoms with van der Waals surface area (Å²) in [6.45, 7) is 0.264. The van der Waals surface area contributed by atoms with Crippen molar-refractivity contribution in [2.24, 2.45) is 0 Å². The van der Waals surface area contributed by atoms with Crippen molar-refractivity contribution in [3.63, 3.8) is 0 Å². The van der Waals surface area contributed by atoms with Crippen LogP contribution < -0.4 is 10.6 Å². The lowest BCUT2D eigenvalue weighted by Gasteiger charge is -2.08. The quantitative estimate of drug-likeness (QED) is 0.768. The Morgan fingerprint density at radius 1 is 1.25 bits per heavy atom. The molecule has 1 aromatic heterocycles. The number of anilines is 2. The van der Waals surface area contributed by atoms with E-state index in [9.17, 15) is 13.2 Å². The van der Waals surface area contributed by atoms with E-state index in [0.717, 1.165) is 0 Å². The first-order valence-electron chi connectivity index (χ1n) is 4.97. The average Bonchev–Trinajstić information content (AvgIpc) is 2.23. The Morgan fingerprint density at radius 3 is 2.56 bits per heavy atom. The van der Waals surface area contributed by atoms with E-state index in [1.165, 1.54) is 0 Å². The predicted octanol–water partition coefficient (Wildman–Crippen LogP) is 2.88. The molecule has 0 aromatic carbocycles. The van der Waals surface area contributed by atoms with Crippen LogP contribution in [0.2, 0.25) is 0 Å². The standard InChI is InChI=1S/C10H14F3N3/c1-14-8-4-2-5-9(16-8)15-7-3-6-10(11,12)13/h2,4-5H,3,6-7H2,1H3,(H2,14,15,16). The molecule has 0 fully saturated rings. The van der Waals surface area contributed by atoms with Crippen LogP contribution in [0.4, 0.5) is 24.8 Å². The first-order chi connectivity index (χ1) is 7.51. The summed E-state index contributed by atoms with van der Waals surface area (Å²) in [6.07, 6.45) is -4.80. The molecule has 0 saturated carbocycles. The van der Waals surface area contributed by atoms with E-state index in [1.54, 1.807) is 25.2 Å². The molecule has 0 atom stereocenters. The van der Waals surface area contributed by atoms with Crippen LogP contribution in [0.25, 0.3) is 0 Å². The van der Waals surface area contributed by atoms with Crippen molar-refractivity contribution in [2.75, 3.05) is 24.2 Å². The van der Waals surface area contributed by atoms with Crippen molar-refractivity contribution in [3.05, 3.63) is 18.2 Å². The maximum Gasteiger partial charge on any atom is 0.389 e. The Kier molecular flexibility index (Phi) is 4.39. The summed E-state index contributed by atoms with van der Waals surface area (Å²) >= 11 is 0. The lowest BCUT2D eigenvalue weighted by Crippen LogP contribution is -2.11. The third kappa shape index (κ3) is 4.86. The molecule has 0 saturated heterocycles. The van der Waals surface area contributed by atoms with E-state index >= 15 is 0 Å². The Labute approximate surface area is 92.1 Å². The highest BCUT2D eigenvalue weighted by molar-refractivity contribution is 5.44. The smallest absolute Gasteiger partial charge is 0.373 e. The minimum atomic E-state index is -4.08. The third-order valence-electron chi connectivity index (χ3n) is 1.95. The van der Waals surface area contributed by atoms with Crippen molar-refractivity contribution in [2.45, 2.75) is 19.0 Å². The molecule has 2 N–H and O–H groups in total. The van der Waals surface area contributed by atoms with Gasteiger partial charge in [-0.2, -0.15) is 13.2 Å². The van der Waals surface area contributed by atoms with Crippen LogP contribution in [0, 0.1) is 0 Å². The summed E-state index contributed by atoms with van der Waals surface area (Å²) in [5.74, 6) is 1.26. The van der Waals surface area contributed by atoms with Gasteiger partial charge >= 0.3 is 6.18 Å². The Hall–Kier alpha value is -1.46. The van der Waals surface area contributed by atoms with Crippen LogP contribution in [0.1, 0.15) is 12.8 Å². The fourth-order valence-corrected chi connectivity index (χ4v) is 1.18. The number of nitrogens with zero attached hydrogens (tertiary/aromatic N) is 1. The van der Waals surface area contributed by atoms with Crippen LogP contribution in [0.5, 0.6) is 0 Å². The predicted molar refractivity (Wildman–Crippen MR) is 57.6 cm³/mol. The van der Waals surface area contributed by atoms with Crippen molar-refractivity contribution < 1.29 is 13.2 Å². The zero-order chi connectivity index (χ0) is 12.0. The minimum absolute atomic E-state index is 0.0506. The highest BCUT2D eigenvalue weighted by atomic mass is 19.4. The molecule has 0 aliphatic heterocycles. The van der Waals surface area contributed by atoms with Gasteiger partial charge in [-0.05, 0) is 18.6 Å². The van der Waals surface area contributed by atoms with Gasteiger partial charge in [-0.25, -0.2) is 4.98 Å². The second kappa shape index (κ2) is 5.58. The van der Waals surface area contributed by atoms with E-state index in [0.29, 0.717) is 11.6 Å². The molecule has 3 nitrogen and oxygen atoms in total. The largest absolute Gasteiger partial charge is 0.389 e. The van der Waals surface area contributed by atoms with Gasteiger partial charge in [0.2, 0.25) is 0 Å². The zero-order valence-electron chi connectivity index (χ0n) is 8.93. The van der Waals surface area contributed by atoms with Crippen LogP contribution in [0.15, 0.2) is 18.2 Å². The number of nitrogens with one attached hydrogen (secondary N) is 2. The summed E-state index contributed by atoms with van der Waals surface area (Å²) in [4.78, 5) is 4.12. The molecule has 0 aliphatic rings. The van der Waals surface area contributed by atoms with Gasteiger partial charge in [0.15, 0.2) is 0 Å². The third-order valence-corrected chi connectivity index (χ3v) is 1.95. The number of aromatic nitrogens is 1. The van der Waals surface area contributed by atoms with Gasteiger partial charge in [-0.3, -0.25) is 0 Å². The van der Waals surface area contributed by atoms with Crippen molar-refractivity contribution >= 4 is 11.6 Å². The van der Waals surface area contributed by atoms with E-state index in [-0.39, 0.29) is 13.0 Å². The fraction of sp³-hybridized carbons (Fsp3) is 0.500. The number of rotatable bonds is 5. The van der Waals surface area contributed by atoms with Gasteiger partial charge in [-0.1, -0.05) is 6.07 Å². The molecule has 1 aromatic rings. The first-order valence-corrected chi connectivity index (χ1v) is 4.97. The molecule has 0 amide bonds. The fourth-order valence-electron chi connectivity index (χ4n) is 1.18. The first kappa shape index (κ1) is 12.6. The highest BCUT2D eigenvalue weighted by Crippen LogP contribution is 2.21. The van der Waals surface area contributed by atoms with Crippen LogP contribution >= 0.6 is 0 Å². The number of pyridine rings is 1. The molecular weight excluding hydrogens is 219 g/mol. The van der Waals surface area contributed by atoms with Gasteiger partial charge in [0.25, 0.3) is 0 Å². The van der Waals surface area contributed by atoms with Gasteiger partial charge in [-0.15, -0.1) is 0 Å². The number of hydrogen-bond acceptors (Lipinski definition) is 3. The lowest BCUT2D eigenvalue weighted by molar-refractivity contribution is -0.134. The maximum atomic E-state index is 11.8. The molecule has 0 aliphatic carbocycles. The van der Waals surface area contributed by atoms with Crippen molar-refractivity contribution in [1.82, 2.24) is 4.98 Å². The number of halogens is 3. The molecule has 1 heterocycles. The van der Waals surface area contributed by atoms with Gasteiger partial charge in [0.1, 0.15) is 11.6 Å². The molecule has 0 radical (unpaired) electrons. The second-order valence-corrected chi connectivity index (χ2v) is 3.30. The van der Waals surface area contributed by atoms with Crippen LogP contribution in [-0.2, 0) is 0 Å². The number of alkyl halides is 3. The van der Waals surface area contributed by atoms with Crippen molar-refractivity contribution in [3.8, 4) is 0 Å². The summed E-state index contributed by atoms with van der Waals surface area (Å²) < 4.78 is 35.5. The summed E-state index contributed by atoms with van der Waals surface area (Å²) in [5, 5.41) is 5.69. The normalized spacial score (nSPS) is 11.2. The van der Waals surface area contributed by atoms with E-state index in [1.807, 2.05) is 0 Å². The van der Waals surface area contributed by atoms with Gasteiger partial charge < -0.3 is 10.6 Å². The number of hydrogen-bond donors (Lipinski definition) is 2. The maximum absolute atomic E-state index is 11.8. The van der Waals surface area contributed by atoms with E-state index in [2.05, 4.69) is 15.6 Å². The Bertz CT molecular complexity index is 325. The SMILES string of the molecule is CNc1cccc(NCCCC(F)(F)F)n1. The summed E-state index contributed by atoms with van der Waals surface area (Å²) in [7, 11) is 1.73. The molecule has 16 heavy (non-hydrogen) atoms.